The number of halogens is 1. The molecule has 1 aliphatic rings. The van der Waals surface area contributed by atoms with Crippen LogP contribution in [-0.4, -0.2) is 31.1 Å². The van der Waals surface area contributed by atoms with Crippen LogP contribution in [0.15, 0.2) is 60.0 Å². The molecule has 0 spiro atoms. The number of carbonyl (C=O) groups excluding carboxylic acids is 3. The molecule has 152 valence electrons. The van der Waals surface area contributed by atoms with Crippen LogP contribution in [0.5, 0.6) is 0 Å². The molecular formula is C21H16ClN3O4S. The molecule has 3 aromatic rings. The van der Waals surface area contributed by atoms with Gasteiger partial charge in [-0.25, -0.2) is 4.79 Å². The van der Waals surface area contributed by atoms with Crippen molar-refractivity contribution in [3.63, 3.8) is 0 Å². The molecule has 2 heterocycles. The molecule has 4 rings (SSSR count). The highest BCUT2D eigenvalue weighted by molar-refractivity contribution is 7.12. The minimum atomic E-state index is -0.415. The first kappa shape index (κ1) is 19.9. The first-order chi connectivity index (χ1) is 14.5. The highest BCUT2D eigenvalue weighted by Gasteiger charge is 2.23. The van der Waals surface area contributed by atoms with Gasteiger partial charge in [-0.2, -0.15) is 0 Å². The molecule has 0 radical (unpaired) electrons. The van der Waals surface area contributed by atoms with E-state index in [2.05, 4.69) is 10.6 Å². The van der Waals surface area contributed by atoms with E-state index in [1.54, 1.807) is 53.9 Å². The van der Waals surface area contributed by atoms with Crippen molar-refractivity contribution in [3.05, 3.63) is 75.4 Å². The van der Waals surface area contributed by atoms with Crippen LogP contribution in [0.2, 0.25) is 5.02 Å². The van der Waals surface area contributed by atoms with E-state index in [9.17, 15) is 14.4 Å². The van der Waals surface area contributed by atoms with Gasteiger partial charge >= 0.3 is 6.09 Å². The van der Waals surface area contributed by atoms with Gasteiger partial charge in [-0.1, -0.05) is 23.7 Å². The molecule has 0 saturated carbocycles. The van der Waals surface area contributed by atoms with Gasteiger partial charge in [-0.15, -0.1) is 11.3 Å². The van der Waals surface area contributed by atoms with E-state index in [1.165, 1.54) is 22.3 Å². The maximum absolute atomic E-state index is 12.7. The summed E-state index contributed by atoms with van der Waals surface area (Å²) in [5, 5.41) is 7.64. The van der Waals surface area contributed by atoms with E-state index >= 15 is 0 Å². The Labute approximate surface area is 181 Å². The largest absolute Gasteiger partial charge is 0.447 e. The van der Waals surface area contributed by atoms with Gasteiger partial charge in [0.1, 0.15) is 6.61 Å². The summed E-state index contributed by atoms with van der Waals surface area (Å²) < 4.78 is 4.95. The number of benzene rings is 2. The zero-order valence-corrected chi connectivity index (χ0v) is 17.1. The molecular weight excluding hydrogens is 426 g/mol. The monoisotopic (exact) mass is 441 g/mol. The Morgan fingerprint density at radius 1 is 1.03 bits per heavy atom. The number of ether oxygens (including phenoxy) is 1. The summed E-state index contributed by atoms with van der Waals surface area (Å²) >= 11 is 7.49. The predicted molar refractivity (Wildman–Crippen MR) is 117 cm³/mol. The van der Waals surface area contributed by atoms with Gasteiger partial charge < -0.3 is 15.4 Å². The number of hydrogen-bond donors (Lipinski definition) is 2. The average Bonchev–Trinajstić information content (AvgIpc) is 3.41. The second-order valence-corrected chi connectivity index (χ2v) is 7.75. The predicted octanol–water partition coefficient (Wildman–Crippen LogP) is 4.86. The van der Waals surface area contributed by atoms with E-state index < -0.39 is 6.09 Å². The van der Waals surface area contributed by atoms with E-state index in [1.807, 2.05) is 0 Å². The average molecular weight is 442 g/mol. The van der Waals surface area contributed by atoms with Crippen LogP contribution in [0.3, 0.4) is 0 Å². The number of anilines is 3. The van der Waals surface area contributed by atoms with Crippen molar-refractivity contribution in [1.82, 2.24) is 0 Å². The first-order valence-electron chi connectivity index (χ1n) is 9.01. The molecule has 0 bridgehead atoms. The van der Waals surface area contributed by atoms with Gasteiger partial charge in [0.2, 0.25) is 0 Å². The van der Waals surface area contributed by atoms with E-state index in [0.29, 0.717) is 45.7 Å². The van der Waals surface area contributed by atoms with Crippen molar-refractivity contribution in [2.75, 3.05) is 28.7 Å². The SMILES string of the molecule is O=C(Nc1cccc(N2CCOC2=O)c1)c1ccc(Cl)c(NC(=O)c2cccs2)c1. The normalized spacial score (nSPS) is 13.1. The molecule has 1 saturated heterocycles. The van der Waals surface area contributed by atoms with Gasteiger partial charge in [-0.3, -0.25) is 14.5 Å². The van der Waals surface area contributed by atoms with Gasteiger partial charge in [0.25, 0.3) is 11.8 Å². The van der Waals surface area contributed by atoms with Gasteiger partial charge in [0, 0.05) is 16.9 Å². The molecule has 3 amide bonds. The number of nitrogens with one attached hydrogen (secondary N) is 2. The zero-order chi connectivity index (χ0) is 21.1. The van der Waals surface area contributed by atoms with E-state index in [-0.39, 0.29) is 11.8 Å². The standard InChI is InChI=1S/C21H16ClN3O4S/c22-16-7-6-13(11-17(16)24-20(27)18-5-2-10-30-18)19(26)23-14-3-1-4-15(12-14)25-8-9-29-21(25)28/h1-7,10-12H,8-9H2,(H,23,26)(H,24,27). The number of hydrogen-bond acceptors (Lipinski definition) is 5. The molecule has 1 aromatic heterocycles. The van der Waals surface area contributed by atoms with Crippen LogP contribution in [0, 0.1) is 0 Å². The van der Waals surface area contributed by atoms with Gasteiger partial charge in [0.15, 0.2) is 0 Å². The molecule has 2 N–H and O–H groups in total. The van der Waals surface area contributed by atoms with Crippen LogP contribution in [0.4, 0.5) is 21.9 Å². The summed E-state index contributed by atoms with van der Waals surface area (Å²) in [5.74, 6) is -0.672. The fourth-order valence-corrected chi connectivity index (χ4v) is 3.72. The number of cyclic esters (lactones) is 1. The summed E-state index contributed by atoms with van der Waals surface area (Å²) in [5.41, 5.74) is 1.83. The van der Waals surface area contributed by atoms with E-state index in [4.69, 9.17) is 16.3 Å². The minimum absolute atomic E-state index is 0.297. The lowest BCUT2D eigenvalue weighted by atomic mass is 10.1. The minimum Gasteiger partial charge on any atom is -0.447 e. The molecule has 0 atom stereocenters. The first-order valence-corrected chi connectivity index (χ1v) is 10.3. The van der Waals surface area contributed by atoms with Crippen LogP contribution >= 0.6 is 22.9 Å². The molecule has 1 aliphatic heterocycles. The van der Waals surface area contributed by atoms with Crippen LogP contribution in [0.25, 0.3) is 0 Å². The third kappa shape index (κ3) is 4.29. The maximum Gasteiger partial charge on any atom is 0.414 e. The van der Waals surface area contributed by atoms with Crippen molar-refractivity contribution >= 4 is 57.9 Å². The highest BCUT2D eigenvalue weighted by Crippen LogP contribution is 2.26. The number of thiophene rings is 1. The third-order valence-corrected chi connectivity index (χ3v) is 5.60. The summed E-state index contributed by atoms with van der Waals surface area (Å²) in [6.07, 6.45) is -0.415. The van der Waals surface area contributed by atoms with Crippen molar-refractivity contribution < 1.29 is 19.1 Å². The lowest BCUT2D eigenvalue weighted by Gasteiger charge is -2.14. The Morgan fingerprint density at radius 3 is 2.63 bits per heavy atom. The lowest BCUT2D eigenvalue weighted by Crippen LogP contribution is -2.23. The Morgan fingerprint density at radius 2 is 1.90 bits per heavy atom. The molecule has 7 nitrogen and oxygen atoms in total. The maximum atomic E-state index is 12.7. The second-order valence-electron chi connectivity index (χ2n) is 6.40. The van der Waals surface area contributed by atoms with Crippen molar-refractivity contribution in [2.24, 2.45) is 0 Å². The molecule has 0 aliphatic carbocycles. The highest BCUT2D eigenvalue weighted by atomic mass is 35.5. The Bertz CT molecular complexity index is 1120. The fourth-order valence-electron chi connectivity index (χ4n) is 2.94. The summed E-state index contributed by atoms with van der Waals surface area (Å²) in [7, 11) is 0. The Hall–Kier alpha value is -3.36. The van der Waals surface area contributed by atoms with Gasteiger partial charge in [0.05, 0.1) is 22.1 Å². The second kappa shape index (κ2) is 8.56. The Kier molecular flexibility index (Phi) is 5.69. The topological polar surface area (TPSA) is 87.7 Å². The van der Waals surface area contributed by atoms with Gasteiger partial charge in [-0.05, 0) is 47.8 Å². The quantitative estimate of drug-likeness (QED) is 0.591. The van der Waals surface area contributed by atoms with E-state index in [0.717, 1.165) is 0 Å². The summed E-state index contributed by atoms with van der Waals surface area (Å²) in [6.45, 7) is 0.793. The number of rotatable bonds is 5. The Balaban J connectivity index is 1.50. The van der Waals surface area contributed by atoms with Crippen LogP contribution in [-0.2, 0) is 4.74 Å². The van der Waals surface area contributed by atoms with Crippen molar-refractivity contribution in [1.29, 1.82) is 0 Å². The molecule has 30 heavy (non-hydrogen) atoms. The number of carbonyl (C=O) groups is 3. The summed E-state index contributed by atoms with van der Waals surface area (Å²) in [6, 6.07) is 15.0. The molecule has 2 aromatic carbocycles. The molecule has 1 fully saturated rings. The smallest absolute Gasteiger partial charge is 0.414 e. The van der Waals surface area contributed by atoms with Crippen molar-refractivity contribution in [3.8, 4) is 0 Å². The number of nitrogens with zero attached hydrogens (tertiary/aromatic N) is 1. The number of amides is 3. The van der Waals surface area contributed by atoms with Crippen LogP contribution in [0.1, 0.15) is 20.0 Å². The van der Waals surface area contributed by atoms with Crippen LogP contribution < -0.4 is 15.5 Å². The molecule has 0 unspecified atom stereocenters. The van der Waals surface area contributed by atoms with Crippen molar-refractivity contribution in [2.45, 2.75) is 0 Å². The molecule has 9 heteroatoms. The summed E-state index contributed by atoms with van der Waals surface area (Å²) in [4.78, 5) is 38.8. The lowest BCUT2D eigenvalue weighted by molar-refractivity contribution is 0.101. The fraction of sp³-hybridized carbons (Fsp3) is 0.0952. The zero-order valence-electron chi connectivity index (χ0n) is 15.6. The third-order valence-electron chi connectivity index (χ3n) is 4.40.